The van der Waals surface area contributed by atoms with Crippen molar-refractivity contribution in [2.75, 3.05) is 26.2 Å². The molecule has 2 aliphatic rings. The van der Waals surface area contributed by atoms with Gasteiger partial charge in [-0.3, -0.25) is 14.5 Å². The van der Waals surface area contributed by atoms with E-state index in [1.165, 1.54) is 16.7 Å². The first-order chi connectivity index (χ1) is 17.4. The summed E-state index contributed by atoms with van der Waals surface area (Å²) in [7, 11) is 0. The first-order valence-electron chi connectivity index (χ1n) is 13.5. The summed E-state index contributed by atoms with van der Waals surface area (Å²) in [4.78, 5) is 28.8. The lowest BCUT2D eigenvalue weighted by atomic mass is 9.73. The number of para-hydroxylation sites is 1. The molecule has 0 unspecified atom stereocenters. The first kappa shape index (κ1) is 26.2. The highest BCUT2D eigenvalue weighted by molar-refractivity contribution is 5.96. The number of nitrogens with zero attached hydrogens (tertiary/aromatic N) is 1. The lowest BCUT2D eigenvalue weighted by Gasteiger charge is -2.41. The number of amides is 2. The number of fused-ring (bicyclic) bond motifs is 1. The highest BCUT2D eigenvalue weighted by atomic mass is 16.5. The Kier molecular flexibility index (Phi) is 8.68. The van der Waals surface area contributed by atoms with Crippen molar-refractivity contribution >= 4 is 11.8 Å². The summed E-state index contributed by atoms with van der Waals surface area (Å²) < 4.78 is 5.99. The van der Waals surface area contributed by atoms with Crippen LogP contribution in [0.5, 0.6) is 5.75 Å². The predicted octanol–water partition coefficient (Wildman–Crippen LogP) is 4.77. The van der Waals surface area contributed by atoms with E-state index < -0.39 is 0 Å². The van der Waals surface area contributed by atoms with E-state index in [2.05, 4.69) is 47.6 Å². The number of benzene rings is 2. The van der Waals surface area contributed by atoms with Crippen molar-refractivity contribution in [1.29, 1.82) is 0 Å². The van der Waals surface area contributed by atoms with Crippen LogP contribution in [-0.2, 0) is 11.3 Å². The van der Waals surface area contributed by atoms with Crippen LogP contribution < -0.4 is 15.4 Å². The van der Waals surface area contributed by atoms with E-state index in [4.69, 9.17) is 4.74 Å². The molecule has 2 aromatic rings. The maximum Gasteiger partial charge on any atom is 0.255 e. The van der Waals surface area contributed by atoms with Gasteiger partial charge in [-0.2, -0.15) is 0 Å². The van der Waals surface area contributed by atoms with Gasteiger partial charge in [-0.25, -0.2) is 0 Å². The van der Waals surface area contributed by atoms with Crippen molar-refractivity contribution in [3.05, 3.63) is 64.7 Å². The Morgan fingerprint density at radius 2 is 1.78 bits per heavy atom. The fourth-order valence-corrected chi connectivity index (χ4v) is 5.47. The second-order valence-electron chi connectivity index (χ2n) is 10.7. The zero-order valence-corrected chi connectivity index (χ0v) is 22.1. The normalized spacial score (nSPS) is 21.9. The molecule has 0 aromatic heterocycles. The van der Waals surface area contributed by atoms with Gasteiger partial charge in [0.15, 0.2) is 0 Å². The molecular weight excluding hydrogens is 450 g/mol. The molecule has 2 amide bonds. The molecule has 194 valence electrons. The van der Waals surface area contributed by atoms with Gasteiger partial charge in [-0.15, -0.1) is 0 Å². The molecule has 0 saturated carbocycles. The van der Waals surface area contributed by atoms with Gasteiger partial charge in [-0.05, 0) is 82.8 Å². The van der Waals surface area contributed by atoms with Crippen LogP contribution >= 0.6 is 0 Å². The van der Waals surface area contributed by atoms with Crippen LogP contribution in [0.3, 0.4) is 0 Å². The average molecular weight is 492 g/mol. The van der Waals surface area contributed by atoms with Crippen molar-refractivity contribution < 1.29 is 14.3 Å². The molecule has 2 heterocycles. The topological polar surface area (TPSA) is 70.7 Å². The number of ether oxygens (including phenoxy) is 1. The number of nitrogens with one attached hydrogen (secondary N) is 2. The van der Waals surface area contributed by atoms with Crippen LogP contribution in [0, 0.1) is 19.3 Å². The van der Waals surface area contributed by atoms with Gasteiger partial charge >= 0.3 is 0 Å². The Morgan fingerprint density at radius 3 is 2.56 bits per heavy atom. The fraction of sp³-hybridized carbons (Fsp3) is 0.533. The Balaban J connectivity index is 1.43. The van der Waals surface area contributed by atoms with E-state index in [0.717, 1.165) is 58.2 Å². The maximum atomic E-state index is 13.6. The molecule has 0 aliphatic carbocycles. The molecule has 2 aromatic carbocycles. The summed E-state index contributed by atoms with van der Waals surface area (Å²) >= 11 is 0. The summed E-state index contributed by atoms with van der Waals surface area (Å²) in [6, 6.07) is 13.8. The van der Waals surface area contributed by atoms with Crippen LogP contribution in [0.4, 0.5) is 0 Å². The van der Waals surface area contributed by atoms with Crippen LogP contribution in [0.25, 0.3) is 0 Å². The summed E-state index contributed by atoms with van der Waals surface area (Å²) in [6.45, 7) is 10.0. The van der Waals surface area contributed by atoms with Crippen molar-refractivity contribution in [3.8, 4) is 5.75 Å². The number of rotatable bonds is 2. The van der Waals surface area contributed by atoms with Crippen LogP contribution in [0.1, 0.15) is 72.5 Å². The number of aryl methyl sites for hydroxylation is 2. The van der Waals surface area contributed by atoms with Gasteiger partial charge in [0.05, 0.1) is 17.0 Å². The minimum atomic E-state index is -0.339. The van der Waals surface area contributed by atoms with Gasteiger partial charge in [-0.1, -0.05) is 48.7 Å². The molecule has 1 fully saturated rings. The number of hydrogen-bond acceptors (Lipinski definition) is 4. The van der Waals surface area contributed by atoms with Gasteiger partial charge in [0.1, 0.15) is 12.4 Å². The molecule has 1 spiro atoms. The second-order valence-corrected chi connectivity index (χ2v) is 10.7. The largest absolute Gasteiger partial charge is 0.491 e. The number of hydrogen-bond donors (Lipinski definition) is 2. The van der Waals surface area contributed by atoms with Crippen molar-refractivity contribution in [3.63, 3.8) is 0 Å². The number of carbonyl (C=O) groups is 2. The standard InChI is InChI=1S/C30H41N3O3/c1-22-11-12-25(23(2)19-22)20-33-17-14-30(15-18-33)13-7-4-8-16-31-28(34)26-9-5-6-10-27(26)36-21-24(3)32-29(30)35/h5-6,9-12,19,24H,4,7-8,13-18,20-21H2,1-3H3,(H,31,34)(H,32,35)/t24-/m0/s1. The third-order valence-corrected chi connectivity index (χ3v) is 7.80. The SMILES string of the molecule is Cc1ccc(CN2CCC3(CCCCCNC(=O)c4ccccc4OC[C@H](C)NC3=O)CC2)c(C)c1. The van der Waals surface area contributed by atoms with Gasteiger partial charge in [0.25, 0.3) is 5.91 Å². The monoisotopic (exact) mass is 491 g/mol. The maximum absolute atomic E-state index is 13.6. The number of piperidine rings is 1. The smallest absolute Gasteiger partial charge is 0.255 e. The van der Waals surface area contributed by atoms with E-state index in [-0.39, 0.29) is 23.3 Å². The van der Waals surface area contributed by atoms with Crippen LogP contribution in [0.2, 0.25) is 0 Å². The summed E-state index contributed by atoms with van der Waals surface area (Å²) in [6.07, 6.45) is 5.52. The highest BCUT2D eigenvalue weighted by Gasteiger charge is 2.41. The van der Waals surface area contributed by atoms with E-state index >= 15 is 0 Å². The van der Waals surface area contributed by atoms with Crippen molar-refractivity contribution in [2.24, 2.45) is 5.41 Å². The van der Waals surface area contributed by atoms with Gasteiger partial charge in [0, 0.05) is 13.1 Å². The van der Waals surface area contributed by atoms with Crippen molar-refractivity contribution in [2.45, 2.75) is 71.9 Å². The zero-order valence-electron chi connectivity index (χ0n) is 22.1. The quantitative estimate of drug-likeness (QED) is 0.635. The van der Waals surface area contributed by atoms with Gasteiger partial charge in [0.2, 0.25) is 5.91 Å². The molecule has 1 atom stereocenters. The lowest BCUT2D eigenvalue weighted by molar-refractivity contribution is -0.135. The van der Waals surface area contributed by atoms with Gasteiger partial charge < -0.3 is 15.4 Å². The molecular formula is C30H41N3O3. The predicted molar refractivity (Wildman–Crippen MR) is 143 cm³/mol. The Labute approximate surface area is 215 Å². The second kappa shape index (κ2) is 11.9. The fourth-order valence-electron chi connectivity index (χ4n) is 5.47. The zero-order chi connectivity index (χ0) is 25.5. The molecule has 4 rings (SSSR count). The first-order valence-corrected chi connectivity index (χ1v) is 13.5. The third-order valence-electron chi connectivity index (χ3n) is 7.80. The summed E-state index contributed by atoms with van der Waals surface area (Å²) in [5, 5.41) is 6.28. The molecule has 1 saturated heterocycles. The minimum absolute atomic E-state index is 0.107. The average Bonchev–Trinajstić information content (AvgIpc) is 2.87. The summed E-state index contributed by atoms with van der Waals surface area (Å²) in [5.41, 5.74) is 4.20. The molecule has 36 heavy (non-hydrogen) atoms. The van der Waals surface area contributed by atoms with E-state index in [0.29, 0.717) is 24.5 Å². The third kappa shape index (κ3) is 6.47. The molecule has 2 N–H and O–H groups in total. The van der Waals surface area contributed by atoms with Crippen LogP contribution in [0.15, 0.2) is 42.5 Å². The van der Waals surface area contributed by atoms with E-state index in [1.54, 1.807) is 6.07 Å². The number of likely N-dealkylation sites (tertiary alicyclic amines) is 1. The van der Waals surface area contributed by atoms with E-state index in [9.17, 15) is 9.59 Å². The molecule has 2 aliphatic heterocycles. The Bertz CT molecular complexity index is 1060. The minimum Gasteiger partial charge on any atom is -0.491 e. The molecule has 0 bridgehead atoms. The Morgan fingerprint density at radius 1 is 1.00 bits per heavy atom. The van der Waals surface area contributed by atoms with Crippen molar-refractivity contribution in [1.82, 2.24) is 15.5 Å². The number of carbonyl (C=O) groups excluding carboxylic acids is 2. The lowest BCUT2D eigenvalue weighted by Crippen LogP contribution is -2.51. The molecule has 6 nitrogen and oxygen atoms in total. The Hall–Kier alpha value is -2.86. The van der Waals surface area contributed by atoms with Crippen LogP contribution in [-0.4, -0.2) is 49.0 Å². The highest BCUT2D eigenvalue weighted by Crippen LogP contribution is 2.38. The molecule has 6 heteroatoms. The summed E-state index contributed by atoms with van der Waals surface area (Å²) in [5.74, 6) is 0.604. The van der Waals surface area contributed by atoms with E-state index in [1.807, 2.05) is 25.1 Å². The molecule has 0 radical (unpaired) electrons.